The minimum atomic E-state index is -0.269. The van der Waals surface area contributed by atoms with Gasteiger partial charge in [0, 0.05) is 25.9 Å². The third-order valence-electron chi connectivity index (χ3n) is 5.55. The summed E-state index contributed by atoms with van der Waals surface area (Å²) in [5.74, 6) is 0.195. The van der Waals surface area contributed by atoms with E-state index in [0.717, 1.165) is 18.4 Å². The summed E-state index contributed by atoms with van der Waals surface area (Å²) in [6.45, 7) is 2.88. The van der Waals surface area contributed by atoms with Gasteiger partial charge in [-0.25, -0.2) is 4.98 Å². The smallest absolute Gasteiger partial charge is 0.267 e. The molecule has 0 radical (unpaired) electrons. The van der Waals surface area contributed by atoms with Crippen molar-refractivity contribution in [2.45, 2.75) is 26.2 Å². The van der Waals surface area contributed by atoms with Gasteiger partial charge in [-0.2, -0.15) is 0 Å². The van der Waals surface area contributed by atoms with Gasteiger partial charge in [0.2, 0.25) is 0 Å². The molecule has 0 spiro atoms. The van der Waals surface area contributed by atoms with Crippen molar-refractivity contribution in [3.63, 3.8) is 0 Å². The van der Waals surface area contributed by atoms with Gasteiger partial charge in [-0.3, -0.25) is 18.9 Å². The second kappa shape index (κ2) is 10.9. The van der Waals surface area contributed by atoms with Crippen LogP contribution in [0.4, 0.5) is 5.82 Å². The molecule has 0 aliphatic carbocycles. The molecule has 1 saturated heterocycles. The van der Waals surface area contributed by atoms with Gasteiger partial charge in [-0.1, -0.05) is 60.4 Å². The Labute approximate surface area is 207 Å². The first-order chi connectivity index (χ1) is 16.5. The maximum absolute atomic E-state index is 13.3. The fraction of sp³-hybridized carbons (Fsp3) is 0.280. The van der Waals surface area contributed by atoms with Crippen LogP contribution in [0.2, 0.25) is 0 Å². The lowest BCUT2D eigenvalue weighted by atomic mass is 10.1. The number of thioether (sulfide) groups is 1. The average Bonchev–Trinajstić information content (AvgIpc) is 3.10. The van der Waals surface area contributed by atoms with Crippen LogP contribution < -0.4 is 10.9 Å². The normalized spacial score (nSPS) is 15.0. The Morgan fingerprint density at radius 1 is 1.15 bits per heavy atom. The van der Waals surface area contributed by atoms with E-state index in [1.807, 2.05) is 31.2 Å². The van der Waals surface area contributed by atoms with E-state index in [2.05, 4.69) is 22.4 Å². The first-order valence-corrected chi connectivity index (χ1v) is 12.4. The Morgan fingerprint density at radius 3 is 2.71 bits per heavy atom. The zero-order valence-corrected chi connectivity index (χ0v) is 20.5. The molecule has 0 bridgehead atoms. The van der Waals surface area contributed by atoms with Crippen LogP contribution in [0.25, 0.3) is 11.7 Å². The second-order valence-corrected chi connectivity index (χ2v) is 9.67. The first-order valence-electron chi connectivity index (χ1n) is 11.2. The Kier molecular flexibility index (Phi) is 7.77. The second-order valence-electron chi connectivity index (χ2n) is 7.99. The minimum absolute atomic E-state index is 0.0234. The number of rotatable bonds is 9. The van der Waals surface area contributed by atoms with Gasteiger partial charge in [0.1, 0.15) is 15.8 Å². The van der Waals surface area contributed by atoms with Crippen LogP contribution in [-0.2, 0) is 11.2 Å². The number of aryl methyl sites for hydroxylation is 2. The molecule has 34 heavy (non-hydrogen) atoms. The van der Waals surface area contributed by atoms with E-state index in [0.29, 0.717) is 45.8 Å². The molecular formula is C25H26N4O3S2. The van der Waals surface area contributed by atoms with E-state index in [-0.39, 0.29) is 18.1 Å². The van der Waals surface area contributed by atoms with Gasteiger partial charge in [-0.05, 0) is 49.5 Å². The predicted octanol–water partition coefficient (Wildman–Crippen LogP) is 3.63. The largest absolute Gasteiger partial charge is 0.396 e. The van der Waals surface area contributed by atoms with Gasteiger partial charge in [0.15, 0.2) is 0 Å². The number of aliphatic hydroxyl groups excluding tert-OH is 1. The third-order valence-corrected chi connectivity index (χ3v) is 6.93. The Morgan fingerprint density at radius 2 is 1.94 bits per heavy atom. The van der Waals surface area contributed by atoms with Crippen LogP contribution in [0, 0.1) is 6.92 Å². The fourth-order valence-corrected chi connectivity index (χ4v) is 5.06. The number of nitrogens with zero attached hydrogens (tertiary/aromatic N) is 3. The maximum Gasteiger partial charge on any atom is 0.267 e. The maximum atomic E-state index is 13.3. The number of hydrogen-bond acceptors (Lipinski definition) is 7. The predicted molar refractivity (Wildman–Crippen MR) is 141 cm³/mol. The van der Waals surface area contributed by atoms with Crippen molar-refractivity contribution in [1.29, 1.82) is 0 Å². The molecule has 1 amide bonds. The number of carbonyl (C=O) groups excluding carboxylic acids is 1. The van der Waals surface area contributed by atoms with Crippen molar-refractivity contribution in [1.82, 2.24) is 14.3 Å². The molecule has 2 aromatic heterocycles. The van der Waals surface area contributed by atoms with E-state index >= 15 is 0 Å². The molecule has 3 heterocycles. The number of nitrogens with one attached hydrogen (secondary N) is 1. The summed E-state index contributed by atoms with van der Waals surface area (Å²) >= 11 is 6.67. The molecule has 0 saturated carbocycles. The quantitative estimate of drug-likeness (QED) is 0.267. The molecule has 2 N–H and O–H groups in total. The highest BCUT2D eigenvalue weighted by Gasteiger charge is 2.32. The fourth-order valence-electron chi connectivity index (χ4n) is 3.77. The first kappa shape index (κ1) is 24.1. The van der Waals surface area contributed by atoms with Gasteiger partial charge >= 0.3 is 0 Å². The molecule has 1 aliphatic rings. The summed E-state index contributed by atoms with van der Waals surface area (Å²) in [4.78, 5) is 33.1. The van der Waals surface area contributed by atoms with Gasteiger partial charge in [0.05, 0.1) is 10.5 Å². The molecule has 1 aliphatic heterocycles. The number of hydrogen-bond donors (Lipinski definition) is 2. The van der Waals surface area contributed by atoms with Crippen molar-refractivity contribution in [3.05, 3.63) is 80.6 Å². The van der Waals surface area contributed by atoms with Crippen LogP contribution in [-0.4, -0.2) is 49.3 Å². The summed E-state index contributed by atoms with van der Waals surface area (Å²) in [6, 6.07) is 13.8. The number of amides is 1. The van der Waals surface area contributed by atoms with Crippen molar-refractivity contribution < 1.29 is 9.90 Å². The van der Waals surface area contributed by atoms with E-state index in [1.165, 1.54) is 21.7 Å². The summed E-state index contributed by atoms with van der Waals surface area (Å²) < 4.78 is 1.97. The topological polar surface area (TPSA) is 86.9 Å². The van der Waals surface area contributed by atoms with Gasteiger partial charge in [-0.15, -0.1) is 0 Å². The Balaban J connectivity index is 1.61. The number of fused-ring (bicyclic) bond motifs is 1. The molecule has 9 heteroatoms. The van der Waals surface area contributed by atoms with Crippen LogP contribution in [0.5, 0.6) is 0 Å². The lowest BCUT2D eigenvalue weighted by molar-refractivity contribution is -0.122. The number of carbonyl (C=O) groups is 1. The summed E-state index contributed by atoms with van der Waals surface area (Å²) in [7, 11) is 0. The third kappa shape index (κ3) is 5.22. The van der Waals surface area contributed by atoms with Crippen LogP contribution in [0.1, 0.15) is 29.5 Å². The molecule has 3 aromatic rings. The van der Waals surface area contributed by atoms with Crippen molar-refractivity contribution in [2.24, 2.45) is 0 Å². The highest BCUT2D eigenvalue weighted by Crippen LogP contribution is 2.33. The van der Waals surface area contributed by atoms with Crippen LogP contribution in [0.3, 0.4) is 0 Å². The van der Waals surface area contributed by atoms with Crippen molar-refractivity contribution in [2.75, 3.05) is 25.0 Å². The number of aromatic nitrogens is 2. The molecular weight excluding hydrogens is 468 g/mol. The molecule has 7 nitrogen and oxygen atoms in total. The number of thiocarbonyl (C=S) groups is 1. The van der Waals surface area contributed by atoms with E-state index in [4.69, 9.17) is 17.3 Å². The van der Waals surface area contributed by atoms with Crippen LogP contribution >= 0.6 is 24.0 Å². The summed E-state index contributed by atoms with van der Waals surface area (Å²) in [5, 5.41) is 12.3. The molecule has 0 atom stereocenters. The molecule has 1 fully saturated rings. The van der Waals surface area contributed by atoms with Gasteiger partial charge < -0.3 is 10.4 Å². The average molecular weight is 495 g/mol. The van der Waals surface area contributed by atoms with Crippen molar-refractivity contribution in [3.8, 4) is 0 Å². The standard InChI is InChI=1S/C25H26N4O3S2/c1-17-8-5-13-28-22(17)27-21(26-12-7-15-30)19(23(28)31)16-20-24(32)29(25(33)34-20)14-6-11-18-9-3-2-4-10-18/h2-5,8-10,13,16,26,30H,6-7,11-12,14-15H2,1H3/b20-16-. The monoisotopic (exact) mass is 494 g/mol. The molecule has 1 aromatic carbocycles. The Bertz CT molecular complexity index is 1300. The molecule has 4 rings (SSSR count). The highest BCUT2D eigenvalue weighted by atomic mass is 32.2. The number of benzene rings is 1. The lowest BCUT2D eigenvalue weighted by Crippen LogP contribution is -2.29. The highest BCUT2D eigenvalue weighted by molar-refractivity contribution is 8.26. The zero-order chi connectivity index (χ0) is 24.1. The van der Waals surface area contributed by atoms with Gasteiger partial charge in [0.25, 0.3) is 11.5 Å². The number of pyridine rings is 1. The Hall–Kier alpha value is -3.01. The zero-order valence-electron chi connectivity index (χ0n) is 18.9. The number of anilines is 1. The lowest BCUT2D eigenvalue weighted by Gasteiger charge is -2.14. The van der Waals surface area contributed by atoms with E-state index in [9.17, 15) is 9.59 Å². The SMILES string of the molecule is Cc1cccn2c(=O)c(/C=C3\SC(=S)N(CCCc4ccccc4)C3=O)c(NCCCO)nc12. The van der Waals surface area contributed by atoms with E-state index in [1.54, 1.807) is 23.2 Å². The summed E-state index contributed by atoms with van der Waals surface area (Å²) in [6.07, 6.45) is 5.41. The van der Waals surface area contributed by atoms with Crippen molar-refractivity contribution >= 4 is 51.7 Å². The van der Waals surface area contributed by atoms with E-state index < -0.39 is 0 Å². The molecule has 0 unspecified atom stereocenters. The van der Waals surface area contributed by atoms with Crippen LogP contribution in [0.15, 0.2) is 58.4 Å². The molecule has 176 valence electrons. The summed E-state index contributed by atoms with van der Waals surface area (Å²) in [5.41, 5.74) is 2.65. The number of aliphatic hydroxyl groups is 1. The minimum Gasteiger partial charge on any atom is -0.396 e.